The molecular weight excluding hydrogens is 1080 g/mol. The molecule has 0 bridgehead atoms. The lowest BCUT2D eigenvalue weighted by molar-refractivity contribution is 0.627. The van der Waals surface area contributed by atoms with Crippen molar-refractivity contribution in [1.82, 2.24) is 0 Å². The maximum Gasteiger partial charge on any atom is 0.123 e. The molecule has 0 aliphatic heterocycles. The van der Waals surface area contributed by atoms with Crippen LogP contribution in [0.3, 0.4) is 0 Å². The molecule has 0 radical (unpaired) electrons. The Bertz CT molecular complexity index is 4610. The van der Waals surface area contributed by atoms with Crippen LogP contribution in [0.15, 0.2) is 268 Å². The fraction of sp³-hybridized carbons (Fsp3) is 0.0732. The van der Waals surface area contributed by atoms with Gasteiger partial charge in [0, 0.05) is 54.3 Å². The van der Waals surface area contributed by atoms with Crippen molar-refractivity contribution < 1.29 is 8.78 Å². The summed E-state index contributed by atoms with van der Waals surface area (Å²) in [6.45, 7) is 17.0. The number of hydrogen-bond donors (Lipinski definition) is 0. The van der Waals surface area contributed by atoms with E-state index in [-0.39, 0.29) is 11.6 Å². The van der Waals surface area contributed by atoms with E-state index in [0.717, 1.165) is 65.4 Å². The molecule has 5 heteroatoms. The van der Waals surface area contributed by atoms with Crippen molar-refractivity contribution >= 4 is 77.8 Å². The van der Waals surface area contributed by atoms with E-state index < -0.39 is 10.8 Å². The predicted octanol–water partition coefficient (Wildman–Crippen LogP) is 22.5. The van der Waals surface area contributed by atoms with E-state index in [1.54, 1.807) is 35.6 Å². The standard InChI is InChI=1S/C82H60F2N2S/c1-7-55-21-25-57(26-22-55)81(75-45-51(3)17-19-53(75)5)73-15-11-9-13-67(73)69-41-37-65(49-77(69)81)85(61-33-29-59(83)30-34-61)63-39-43-79-71(47-63)72-48-64(40-44-80(72)87-79)86(62-35-31-60(84)32-36-62)66-38-42-70-68-14-10-12-16-74(68)82(78(70)50-66,58-27-23-56(8-2)24-28-58)76-46-52(4)18-20-54(76)6/h7-50H,1-2H2,3-6H3. The first-order valence-corrected chi connectivity index (χ1v) is 30.5. The van der Waals surface area contributed by atoms with Gasteiger partial charge in [0.25, 0.3) is 0 Å². The van der Waals surface area contributed by atoms with E-state index in [1.807, 2.05) is 36.4 Å². The minimum atomic E-state index is -0.673. The van der Waals surface area contributed by atoms with Gasteiger partial charge >= 0.3 is 0 Å². The topological polar surface area (TPSA) is 6.48 Å². The van der Waals surface area contributed by atoms with Crippen LogP contribution in [0.5, 0.6) is 0 Å². The van der Waals surface area contributed by atoms with E-state index >= 15 is 8.78 Å². The third-order valence-electron chi connectivity index (χ3n) is 18.4. The molecule has 0 spiro atoms. The third-order valence-corrected chi connectivity index (χ3v) is 19.6. The predicted molar refractivity (Wildman–Crippen MR) is 362 cm³/mol. The summed E-state index contributed by atoms with van der Waals surface area (Å²) in [5.74, 6) is -0.604. The molecule has 87 heavy (non-hydrogen) atoms. The number of nitrogens with zero attached hydrogens (tertiary/aromatic N) is 2. The number of aryl methyl sites for hydroxylation is 4. The Balaban J connectivity index is 0.922. The highest BCUT2D eigenvalue weighted by molar-refractivity contribution is 7.25. The molecular formula is C82H60F2N2S. The Hall–Kier alpha value is -10.2. The second-order valence-corrected chi connectivity index (χ2v) is 24.5. The van der Waals surface area contributed by atoms with Crippen molar-refractivity contribution in [2.24, 2.45) is 0 Å². The summed E-state index contributed by atoms with van der Waals surface area (Å²) >= 11 is 1.76. The number of rotatable bonds is 12. The van der Waals surface area contributed by atoms with Gasteiger partial charge < -0.3 is 9.80 Å². The van der Waals surface area contributed by atoms with Crippen LogP contribution in [0.4, 0.5) is 42.9 Å². The summed E-state index contributed by atoms with van der Waals surface area (Å²) in [6.07, 6.45) is 3.80. The van der Waals surface area contributed by atoms with Crippen LogP contribution >= 0.6 is 11.3 Å². The summed E-state index contributed by atoms with van der Waals surface area (Å²) in [5, 5.41) is 2.17. The van der Waals surface area contributed by atoms with Gasteiger partial charge in [-0.1, -0.05) is 182 Å². The Morgan fingerprint density at radius 2 is 0.690 bits per heavy atom. The Kier molecular flexibility index (Phi) is 12.8. The van der Waals surface area contributed by atoms with Crippen LogP contribution in [0.1, 0.15) is 77.9 Å². The van der Waals surface area contributed by atoms with Gasteiger partial charge in [-0.15, -0.1) is 11.3 Å². The molecule has 2 unspecified atom stereocenters. The first-order valence-electron chi connectivity index (χ1n) is 29.6. The van der Waals surface area contributed by atoms with Crippen molar-refractivity contribution in [2.75, 3.05) is 9.80 Å². The summed E-state index contributed by atoms with van der Waals surface area (Å²) in [5.41, 5.74) is 25.3. The molecule has 2 aliphatic carbocycles. The van der Waals surface area contributed by atoms with Gasteiger partial charge in [0.2, 0.25) is 0 Å². The van der Waals surface area contributed by atoms with Crippen molar-refractivity contribution in [1.29, 1.82) is 0 Å². The van der Waals surface area contributed by atoms with Crippen LogP contribution < -0.4 is 9.80 Å². The van der Waals surface area contributed by atoms with Crippen molar-refractivity contribution in [3.05, 3.63) is 357 Å². The normalized spacial score (nSPS) is 15.4. The minimum absolute atomic E-state index is 0.302. The van der Waals surface area contributed by atoms with Gasteiger partial charge in [-0.05, 0) is 226 Å². The number of thiophene rings is 1. The summed E-state index contributed by atoms with van der Waals surface area (Å²) < 4.78 is 32.5. The SMILES string of the molecule is C=Cc1ccc(C2(c3cc(C)ccc3C)c3ccccc3-c3ccc(N(c4ccc(F)cc4)c4ccc5sc6ccc(N(c7ccc(F)cc7)c7ccc8c(c7)C(c7ccc(C=C)cc7)(c7cc(C)ccc7C)c7ccccc7-8)cc6c5c4)cc32)cc1. The molecule has 418 valence electrons. The Morgan fingerprint density at radius 3 is 1.09 bits per heavy atom. The second-order valence-electron chi connectivity index (χ2n) is 23.4. The molecule has 1 heterocycles. The van der Waals surface area contributed by atoms with Crippen LogP contribution in [0.25, 0.3) is 54.6 Å². The maximum atomic E-state index is 15.1. The van der Waals surface area contributed by atoms with Gasteiger partial charge in [0.1, 0.15) is 11.6 Å². The summed E-state index contributed by atoms with van der Waals surface area (Å²) in [4.78, 5) is 4.54. The van der Waals surface area contributed by atoms with E-state index in [4.69, 9.17) is 0 Å². The first kappa shape index (κ1) is 53.5. The van der Waals surface area contributed by atoms with Crippen molar-refractivity contribution in [3.8, 4) is 22.3 Å². The highest BCUT2D eigenvalue weighted by atomic mass is 32.1. The molecule has 0 N–H and O–H groups in total. The maximum absolute atomic E-state index is 15.1. The molecule has 2 nitrogen and oxygen atoms in total. The van der Waals surface area contributed by atoms with Crippen LogP contribution in [-0.4, -0.2) is 0 Å². The van der Waals surface area contributed by atoms with E-state index in [9.17, 15) is 0 Å². The molecule has 0 fully saturated rings. The average molecular weight is 1140 g/mol. The van der Waals surface area contributed by atoms with E-state index in [2.05, 4.69) is 257 Å². The van der Waals surface area contributed by atoms with Gasteiger partial charge in [-0.2, -0.15) is 0 Å². The lowest BCUT2D eigenvalue weighted by atomic mass is 9.66. The minimum Gasteiger partial charge on any atom is -0.310 e. The largest absolute Gasteiger partial charge is 0.310 e. The smallest absolute Gasteiger partial charge is 0.123 e. The summed E-state index contributed by atoms with van der Waals surface area (Å²) in [6, 6.07) is 89.9. The number of fused-ring (bicyclic) bond motifs is 9. The van der Waals surface area contributed by atoms with Crippen LogP contribution in [-0.2, 0) is 10.8 Å². The highest BCUT2D eigenvalue weighted by Gasteiger charge is 2.49. The van der Waals surface area contributed by atoms with Crippen molar-refractivity contribution in [2.45, 2.75) is 38.5 Å². The number of halogens is 2. The third kappa shape index (κ3) is 8.39. The lowest BCUT2D eigenvalue weighted by Crippen LogP contribution is -2.30. The summed E-state index contributed by atoms with van der Waals surface area (Å²) in [7, 11) is 0. The van der Waals surface area contributed by atoms with E-state index in [0.29, 0.717) is 0 Å². The fourth-order valence-electron chi connectivity index (χ4n) is 14.5. The number of hydrogen-bond acceptors (Lipinski definition) is 3. The zero-order chi connectivity index (χ0) is 59.3. The monoisotopic (exact) mass is 1140 g/mol. The molecule has 12 aromatic carbocycles. The molecule has 2 aliphatic rings. The lowest BCUT2D eigenvalue weighted by Gasteiger charge is -2.36. The van der Waals surface area contributed by atoms with E-state index in [1.165, 1.54) is 89.0 Å². The van der Waals surface area contributed by atoms with Gasteiger partial charge in [-0.3, -0.25) is 0 Å². The van der Waals surface area contributed by atoms with Gasteiger partial charge in [-0.25, -0.2) is 8.78 Å². The average Bonchev–Trinajstić information content (AvgIpc) is 1.58. The molecule has 0 saturated heterocycles. The molecule has 1 aromatic heterocycles. The Morgan fingerprint density at radius 1 is 0.333 bits per heavy atom. The highest BCUT2D eigenvalue weighted by Crippen LogP contribution is 2.60. The molecule has 0 amide bonds. The number of anilines is 6. The van der Waals surface area contributed by atoms with Crippen LogP contribution in [0, 0.1) is 39.3 Å². The number of benzene rings is 12. The second kappa shape index (κ2) is 20.8. The van der Waals surface area contributed by atoms with Crippen molar-refractivity contribution in [3.63, 3.8) is 0 Å². The first-order chi connectivity index (χ1) is 42.5. The molecule has 13 aromatic rings. The fourth-order valence-corrected chi connectivity index (χ4v) is 15.5. The zero-order valence-electron chi connectivity index (χ0n) is 48.9. The quantitative estimate of drug-likeness (QED) is 0.120. The van der Waals surface area contributed by atoms with Gasteiger partial charge in [0.15, 0.2) is 0 Å². The Labute approximate surface area is 511 Å². The zero-order valence-corrected chi connectivity index (χ0v) is 49.7. The molecule has 2 atom stereocenters. The molecule has 0 saturated carbocycles. The van der Waals surface area contributed by atoms with Crippen LogP contribution in [0.2, 0.25) is 0 Å². The van der Waals surface area contributed by atoms with Gasteiger partial charge in [0.05, 0.1) is 10.8 Å². The molecule has 15 rings (SSSR count).